The number of carbonyl (C=O) groups excluding carboxylic acids is 2. The summed E-state index contributed by atoms with van der Waals surface area (Å²) in [5.41, 5.74) is 1.41. The van der Waals surface area contributed by atoms with E-state index in [4.69, 9.17) is 18.9 Å². The first-order valence-corrected chi connectivity index (χ1v) is 8.93. The van der Waals surface area contributed by atoms with Crippen LogP contribution in [-0.4, -0.2) is 32.1 Å². The molecule has 0 bridgehead atoms. The van der Waals surface area contributed by atoms with Crippen LogP contribution in [0.4, 0.5) is 0 Å². The van der Waals surface area contributed by atoms with Gasteiger partial charge in [-0.05, 0) is 57.9 Å². The summed E-state index contributed by atoms with van der Waals surface area (Å²) in [4.78, 5) is 27.6. The molecular formula is C20H16BrNO6. The minimum Gasteiger partial charge on any atom is -0.496 e. The van der Waals surface area contributed by atoms with Crippen LogP contribution in [0.25, 0.3) is 6.08 Å². The molecule has 0 saturated heterocycles. The third-order valence-corrected chi connectivity index (χ3v) is 4.38. The van der Waals surface area contributed by atoms with Crippen LogP contribution in [0.3, 0.4) is 0 Å². The van der Waals surface area contributed by atoms with Crippen molar-refractivity contribution in [3.05, 3.63) is 57.7 Å². The SMILES string of the molecule is COc1ccc(C2=N/C(=C\c3ccc(OC(C)=O)c(OC)c3)C(=O)O2)cc1Br. The lowest BCUT2D eigenvalue weighted by atomic mass is 10.1. The van der Waals surface area contributed by atoms with Crippen LogP contribution in [0.15, 0.2) is 51.6 Å². The van der Waals surface area contributed by atoms with Gasteiger partial charge < -0.3 is 18.9 Å². The predicted molar refractivity (Wildman–Crippen MR) is 106 cm³/mol. The zero-order chi connectivity index (χ0) is 20.3. The van der Waals surface area contributed by atoms with Gasteiger partial charge in [-0.15, -0.1) is 0 Å². The Morgan fingerprint density at radius 3 is 2.43 bits per heavy atom. The molecule has 2 aromatic carbocycles. The number of nitrogens with zero attached hydrogens (tertiary/aromatic N) is 1. The molecule has 1 aliphatic heterocycles. The average molecular weight is 446 g/mol. The van der Waals surface area contributed by atoms with Crippen molar-refractivity contribution in [3.8, 4) is 17.2 Å². The molecule has 2 aromatic rings. The Hall–Kier alpha value is -3.13. The van der Waals surface area contributed by atoms with Gasteiger partial charge in [0.05, 0.1) is 18.7 Å². The summed E-state index contributed by atoms with van der Waals surface area (Å²) in [5, 5.41) is 0. The molecule has 0 spiro atoms. The lowest BCUT2D eigenvalue weighted by Crippen LogP contribution is -2.05. The van der Waals surface area contributed by atoms with Crippen LogP contribution in [0.5, 0.6) is 17.2 Å². The normalized spacial score (nSPS) is 14.5. The van der Waals surface area contributed by atoms with E-state index in [0.717, 1.165) is 4.47 Å². The van der Waals surface area contributed by atoms with Gasteiger partial charge in [-0.25, -0.2) is 9.79 Å². The summed E-state index contributed by atoms with van der Waals surface area (Å²) in [7, 11) is 3.02. The molecule has 0 atom stereocenters. The molecule has 0 saturated carbocycles. The fourth-order valence-electron chi connectivity index (χ4n) is 2.50. The molecule has 1 heterocycles. The second-order valence-corrected chi connectivity index (χ2v) is 6.54. The van der Waals surface area contributed by atoms with Gasteiger partial charge in [-0.1, -0.05) is 6.07 Å². The standard InChI is InChI=1S/C20H16BrNO6/c1-11(23)27-17-6-4-12(9-18(17)26-3)8-15-20(24)28-19(22-15)13-5-7-16(25-2)14(21)10-13/h4-10H,1-3H3/b15-8-. The molecule has 0 unspecified atom stereocenters. The minimum atomic E-state index is -0.565. The summed E-state index contributed by atoms with van der Waals surface area (Å²) in [5.74, 6) is 0.485. The third-order valence-electron chi connectivity index (χ3n) is 3.76. The first kappa shape index (κ1) is 19.6. The van der Waals surface area contributed by atoms with E-state index in [1.807, 2.05) is 0 Å². The number of aliphatic imine (C=N–C) groups is 1. The highest BCUT2D eigenvalue weighted by Gasteiger charge is 2.25. The highest BCUT2D eigenvalue weighted by molar-refractivity contribution is 9.10. The zero-order valence-corrected chi connectivity index (χ0v) is 16.9. The summed E-state index contributed by atoms with van der Waals surface area (Å²) in [6.45, 7) is 1.30. The van der Waals surface area contributed by atoms with Crippen LogP contribution in [-0.2, 0) is 14.3 Å². The molecule has 144 valence electrons. The maximum absolute atomic E-state index is 12.2. The Balaban J connectivity index is 1.91. The van der Waals surface area contributed by atoms with E-state index in [-0.39, 0.29) is 11.6 Å². The van der Waals surface area contributed by atoms with Crippen LogP contribution in [0, 0.1) is 0 Å². The fourth-order valence-corrected chi connectivity index (χ4v) is 3.04. The highest BCUT2D eigenvalue weighted by Crippen LogP contribution is 2.31. The molecule has 0 fully saturated rings. The second-order valence-electron chi connectivity index (χ2n) is 5.69. The van der Waals surface area contributed by atoms with Gasteiger partial charge in [0.2, 0.25) is 5.90 Å². The van der Waals surface area contributed by atoms with Crippen LogP contribution in [0.2, 0.25) is 0 Å². The molecule has 0 N–H and O–H groups in total. The Morgan fingerprint density at radius 1 is 1.07 bits per heavy atom. The van der Waals surface area contributed by atoms with Crippen molar-refractivity contribution in [3.63, 3.8) is 0 Å². The molecule has 8 heteroatoms. The number of benzene rings is 2. The van der Waals surface area contributed by atoms with Gasteiger partial charge in [0, 0.05) is 12.5 Å². The maximum atomic E-state index is 12.2. The Labute approximate surface area is 169 Å². The average Bonchev–Trinajstić information content (AvgIpc) is 3.03. The molecule has 1 aliphatic rings. The first-order chi connectivity index (χ1) is 13.4. The number of halogens is 1. The number of cyclic esters (lactones) is 1. The van der Waals surface area contributed by atoms with E-state index in [1.165, 1.54) is 14.0 Å². The lowest BCUT2D eigenvalue weighted by molar-refractivity contribution is -0.132. The summed E-state index contributed by atoms with van der Waals surface area (Å²) in [6.07, 6.45) is 1.56. The predicted octanol–water partition coefficient (Wildman–Crippen LogP) is 3.74. The number of hydrogen-bond donors (Lipinski definition) is 0. The number of esters is 2. The van der Waals surface area contributed by atoms with Crippen molar-refractivity contribution in [1.82, 2.24) is 0 Å². The first-order valence-electron chi connectivity index (χ1n) is 8.14. The second kappa shape index (κ2) is 8.26. The van der Waals surface area contributed by atoms with Crippen LogP contribution < -0.4 is 14.2 Å². The van der Waals surface area contributed by atoms with E-state index in [2.05, 4.69) is 20.9 Å². The van der Waals surface area contributed by atoms with Gasteiger partial charge in [-0.3, -0.25) is 4.79 Å². The minimum absolute atomic E-state index is 0.143. The van der Waals surface area contributed by atoms with Gasteiger partial charge in [0.25, 0.3) is 0 Å². The van der Waals surface area contributed by atoms with Gasteiger partial charge in [-0.2, -0.15) is 0 Å². The lowest BCUT2D eigenvalue weighted by Gasteiger charge is -2.08. The van der Waals surface area contributed by atoms with Crippen LogP contribution >= 0.6 is 15.9 Å². The summed E-state index contributed by atoms with van der Waals surface area (Å²) < 4.78 is 21.5. The molecule has 3 rings (SSSR count). The van der Waals surface area contributed by atoms with Crippen molar-refractivity contribution in [2.45, 2.75) is 6.92 Å². The Morgan fingerprint density at radius 2 is 1.79 bits per heavy atom. The topological polar surface area (TPSA) is 83.4 Å². The molecule has 0 radical (unpaired) electrons. The fraction of sp³-hybridized carbons (Fsp3) is 0.150. The quantitative estimate of drug-likeness (QED) is 0.396. The molecular weight excluding hydrogens is 430 g/mol. The third kappa shape index (κ3) is 4.23. The Kier molecular flexibility index (Phi) is 5.79. The molecule has 0 amide bonds. The summed E-state index contributed by atoms with van der Waals surface area (Å²) >= 11 is 3.39. The number of carbonyl (C=O) groups is 2. The van der Waals surface area contributed by atoms with Crippen molar-refractivity contribution in [2.75, 3.05) is 14.2 Å². The van der Waals surface area contributed by atoms with Crippen molar-refractivity contribution < 1.29 is 28.5 Å². The smallest absolute Gasteiger partial charge is 0.363 e. The van der Waals surface area contributed by atoms with Gasteiger partial charge in [0.1, 0.15) is 5.75 Å². The molecule has 0 aliphatic carbocycles. The highest BCUT2D eigenvalue weighted by atomic mass is 79.9. The number of methoxy groups -OCH3 is 2. The number of rotatable bonds is 5. The van der Waals surface area contributed by atoms with Crippen molar-refractivity contribution in [2.24, 2.45) is 4.99 Å². The monoisotopic (exact) mass is 445 g/mol. The van der Waals surface area contributed by atoms with E-state index >= 15 is 0 Å². The molecule has 28 heavy (non-hydrogen) atoms. The molecule has 7 nitrogen and oxygen atoms in total. The maximum Gasteiger partial charge on any atom is 0.363 e. The number of hydrogen-bond acceptors (Lipinski definition) is 7. The Bertz CT molecular complexity index is 1010. The van der Waals surface area contributed by atoms with E-state index in [0.29, 0.717) is 28.4 Å². The van der Waals surface area contributed by atoms with Crippen molar-refractivity contribution >= 4 is 39.8 Å². The molecule has 0 aromatic heterocycles. The van der Waals surface area contributed by atoms with E-state index in [1.54, 1.807) is 49.6 Å². The van der Waals surface area contributed by atoms with Gasteiger partial charge >= 0.3 is 11.9 Å². The van der Waals surface area contributed by atoms with Crippen molar-refractivity contribution in [1.29, 1.82) is 0 Å². The summed E-state index contributed by atoms with van der Waals surface area (Å²) in [6, 6.07) is 10.1. The largest absolute Gasteiger partial charge is 0.496 e. The van der Waals surface area contributed by atoms with Crippen LogP contribution in [0.1, 0.15) is 18.1 Å². The van der Waals surface area contributed by atoms with Gasteiger partial charge in [0.15, 0.2) is 17.2 Å². The number of ether oxygens (including phenoxy) is 4. The zero-order valence-electron chi connectivity index (χ0n) is 15.3. The van der Waals surface area contributed by atoms with E-state index < -0.39 is 11.9 Å². The van der Waals surface area contributed by atoms with E-state index in [9.17, 15) is 9.59 Å².